The van der Waals surface area contributed by atoms with Gasteiger partial charge in [-0.3, -0.25) is 5.32 Å². The fourth-order valence-corrected chi connectivity index (χ4v) is 0.939. The van der Waals surface area contributed by atoms with Crippen molar-refractivity contribution < 1.29 is 23.6 Å². The van der Waals surface area contributed by atoms with Crippen molar-refractivity contribution in [3.05, 3.63) is 11.8 Å². The molecule has 0 aliphatic rings. The Kier molecular flexibility index (Phi) is 3.72. The number of esters is 1. The van der Waals surface area contributed by atoms with Crippen molar-refractivity contribution in [3.8, 4) is 0 Å². The SMILES string of the molecule is COC(=O)c1cc(NC(=O)OC(C)(C)C)on1. The molecule has 0 radical (unpaired) electrons. The van der Waals surface area contributed by atoms with Crippen LogP contribution in [0, 0.1) is 0 Å². The van der Waals surface area contributed by atoms with Crippen LogP contribution in [0.25, 0.3) is 0 Å². The van der Waals surface area contributed by atoms with Crippen LogP contribution in [0.15, 0.2) is 10.6 Å². The molecule has 1 amide bonds. The van der Waals surface area contributed by atoms with Crippen LogP contribution >= 0.6 is 0 Å². The molecule has 0 atom stereocenters. The molecule has 0 saturated heterocycles. The van der Waals surface area contributed by atoms with Crippen molar-refractivity contribution in [1.29, 1.82) is 0 Å². The Hall–Kier alpha value is -2.05. The first-order chi connectivity index (χ1) is 7.81. The Morgan fingerprint density at radius 2 is 2.06 bits per heavy atom. The van der Waals surface area contributed by atoms with Gasteiger partial charge in [-0.1, -0.05) is 5.16 Å². The van der Waals surface area contributed by atoms with Crippen LogP contribution < -0.4 is 5.32 Å². The third-order valence-electron chi connectivity index (χ3n) is 1.53. The van der Waals surface area contributed by atoms with Crippen LogP contribution in [0.5, 0.6) is 0 Å². The zero-order valence-corrected chi connectivity index (χ0v) is 10.1. The maximum atomic E-state index is 11.3. The van der Waals surface area contributed by atoms with Gasteiger partial charge >= 0.3 is 12.1 Å². The topological polar surface area (TPSA) is 90.7 Å². The molecule has 1 rings (SSSR count). The molecule has 0 unspecified atom stereocenters. The molecule has 1 N–H and O–H groups in total. The number of carbonyl (C=O) groups is 2. The number of hydrogen-bond acceptors (Lipinski definition) is 6. The number of nitrogens with zero attached hydrogens (tertiary/aromatic N) is 1. The maximum absolute atomic E-state index is 11.3. The van der Waals surface area contributed by atoms with Gasteiger partial charge in [0.05, 0.1) is 7.11 Å². The van der Waals surface area contributed by atoms with Crippen LogP contribution in [0.3, 0.4) is 0 Å². The summed E-state index contributed by atoms with van der Waals surface area (Å²) in [6, 6.07) is 1.25. The van der Waals surface area contributed by atoms with E-state index < -0.39 is 17.7 Å². The van der Waals surface area contributed by atoms with E-state index in [9.17, 15) is 9.59 Å². The van der Waals surface area contributed by atoms with E-state index in [-0.39, 0.29) is 11.6 Å². The van der Waals surface area contributed by atoms with Crippen molar-refractivity contribution in [2.24, 2.45) is 0 Å². The quantitative estimate of drug-likeness (QED) is 0.795. The summed E-state index contributed by atoms with van der Waals surface area (Å²) < 4.78 is 14.1. The average Bonchev–Trinajstić information content (AvgIpc) is 2.62. The maximum Gasteiger partial charge on any atom is 0.414 e. The minimum Gasteiger partial charge on any atom is -0.464 e. The van der Waals surface area contributed by atoms with Gasteiger partial charge in [0, 0.05) is 6.07 Å². The summed E-state index contributed by atoms with van der Waals surface area (Å²) in [6.45, 7) is 5.19. The normalized spacial score (nSPS) is 10.8. The minimum absolute atomic E-state index is 0.0136. The lowest BCUT2D eigenvalue weighted by atomic mass is 10.2. The molecule has 0 aliphatic carbocycles. The van der Waals surface area contributed by atoms with E-state index in [0.29, 0.717) is 0 Å². The van der Waals surface area contributed by atoms with Gasteiger partial charge in [-0.15, -0.1) is 0 Å². The van der Waals surface area contributed by atoms with Crippen molar-refractivity contribution in [2.75, 3.05) is 12.4 Å². The zero-order valence-electron chi connectivity index (χ0n) is 10.1. The second-order valence-corrected chi connectivity index (χ2v) is 4.19. The summed E-state index contributed by atoms with van der Waals surface area (Å²) in [7, 11) is 1.22. The number of rotatable bonds is 2. The third-order valence-corrected chi connectivity index (χ3v) is 1.53. The number of nitrogens with one attached hydrogen (secondary N) is 1. The van der Waals surface area contributed by atoms with Crippen LogP contribution in [0.2, 0.25) is 0 Å². The lowest BCUT2D eigenvalue weighted by molar-refractivity contribution is 0.0588. The van der Waals surface area contributed by atoms with Crippen LogP contribution in [0.4, 0.5) is 10.7 Å². The molecule has 7 heteroatoms. The van der Waals surface area contributed by atoms with E-state index in [1.54, 1.807) is 20.8 Å². The summed E-state index contributed by atoms with van der Waals surface area (Å²) in [5, 5.41) is 5.72. The van der Waals surface area contributed by atoms with Gasteiger partial charge in [0.25, 0.3) is 0 Å². The van der Waals surface area contributed by atoms with Crippen molar-refractivity contribution in [1.82, 2.24) is 5.16 Å². The van der Waals surface area contributed by atoms with E-state index in [1.165, 1.54) is 13.2 Å². The molecule has 1 aromatic heterocycles. The molecular weight excluding hydrogens is 228 g/mol. The Labute approximate surface area is 98.1 Å². The fourth-order valence-electron chi connectivity index (χ4n) is 0.939. The number of aromatic nitrogens is 1. The van der Waals surface area contributed by atoms with Gasteiger partial charge in [0.1, 0.15) is 5.60 Å². The second kappa shape index (κ2) is 4.86. The first-order valence-corrected chi connectivity index (χ1v) is 4.87. The predicted molar refractivity (Wildman–Crippen MR) is 57.7 cm³/mol. The summed E-state index contributed by atoms with van der Waals surface area (Å²) in [5.74, 6) is -0.634. The van der Waals surface area contributed by atoms with Crippen LogP contribution in [-0.4, -0.2) is 29.9 Å². The number of ether oxygens (including phenoxy) is 2. The average molecular weight is 242 g/mol. The highest BCUT2D eigenvalue weighted by Crippen LogP contribution is 2.13. The Morgan fingerprint density at radius 1 is 1.41 bits per heavy atom. The molecule has 0 saturated carbocycles. The predicted octanol–water partition coefficient (Wildman–Crippen LogP) is 1.81. The fraction of sp³-hybridized carbons (Fsp3) is 0.500. The molecule has 0 aliphatic heterocycles. The molecule has 0 bridgehead atoms. The first-order valence-electron chi connectivity index (χ1n) is 4.87. The van der Waals surface area contributed by atoms with Crippen molar-refractivity contribution in [3.63, 3.8) is 0 Å². The van der Waals surface area contributed by atoms with Crippen LogP contribution in [0.1, 0.15) is 31.3 Å². The lowest BCUT2D eigenvalue weighted by Crippen LogP contribution is -2.27. The molecule has 94 valence electrons. The number of carbonyl (C=O) groups excluding carboxylic acids is 2. The summed E-state index contributed by atoms with van der Waals surface area (Å²) >= 11 is 0. The van der Waals surface area contributed by atoms with Crippen molar-refractivity contribution in [2.45, 2.75) is 26.4 Å². The van der Waals surface area contributed by atoms with Gasteiger partial charge in [-0.05, 0) is 20.8 Å². The van der Waals surface area contributed by atoms with E-state index >= 15 is 0 Å². The molecule has 1 aromatic rings. The zero-order chi connectivity index (χ0) is 13.1. The van der Waals surface area contributed by atoms with E-state index in [1.807, 2.05) is 0 Å². The smallest absolute Gasteiger partial charge is 0.414 e. The molecule has 17 heavy (non-hydrogen) atoms. The van der Waals surface area contributed by atoms with Gasteiger partial charge in [-0.2, -0.15) is 0 Å². The van der Waals surface area contributed by atoms with E-state index in [4.69, 9.17) is 9.26 Å². The largest absolute Gasteiger partial charge is 0.464 e. The summed E-state index contributed by atoms with van der Waals surface area (Å²) in [6.07, 6.45) is -0.690. The van der Waals surface area contributed by atoms with Gasteiger partial charge < -0.3 is 14.0 Å². The molecular formula is C10H14N2O5. The van der Waals surface area contributed by atoms with E-state index in [0.717, 1.165) is 0 Å². The monoisotopic (exact) mass is 242 g/mol. The van der Waals surface area contributed by atoms with Gasteiger partial charge in [-0.25, -0.2) is 9.59 Å². The highest BCUT2D eigenvalue weighted by molar-refractivity contribution is 5.89. The number of anilines is 1. The molecule has 7 nitrogen and oxygen atoms in total. The number of hydrogen-bond donors (Lipinski definition) is 1. The Bertz CT molecular complexity index is 419. The van der Waals surface area contributed by atoms with Gasteiger partial charge in [0.15, 0.2) is 5.69 Å². The summed E-state index contributed by atoms with van der Waals surface area (Å²) in [5.41, 5.74) is -0.645. The number of amides is 1. The second-order valence-electron chi connectivity index (χ2n) is 4.19. The standard InChI is InChI=1S/C10H14N2O5/c1-10(2,3)16-9(14)11-7-5-6(12-17-7)8(13)15-4/h5H,1-4H3,(H,11,14). The van der Waals surface area contributed by atoms with E-state index in [2.05, 4.69) is 15.2 Å². The van der Waals surface area contributed by atoms with Gasteiger partial charge in [0.2, 0.25) is 5.88 Å². The molecule has 0 aromatic carbocycles. The molecule has 0 spiro atoms. The highest BCUT2D eigenvalue weighted by atomic mass is 16.6. The minimum atomic E-state index is -0.690. The van der Waals surface area contributed by atoms with Crippen molar-refractivity contribution >= 4 is 17.9 Å². The molecule has 1 heterocycles. The lowest BCUT2D eigenvalue weighted by Gasteiger charge is -2.18. The molecule has 0 fully saturated rings. The number of methoxy groups -OCH3 is 1. The summed E-state index contributed by atoms with van der Waals surface area (Å²) in [4.78, 5) is 22.4. The van der Waals surface area contributed by atoms with Crippen LogP contribution in [-0.2, 0) is 9.47 Å². The Balaban J connectivity index is 2.61. The Morgan fingerprint density at radius 3 is 2.59 bits per heavy atom. The third kappa shape index (κ3) is 4.13. The first kappa shape index (κ1) is 13.0. The highest BCUT2D eigenvalue weighted by Gasteiger charge is 2.19.